The van der Waals surface area contributed by atoms with Crippen molar-refractivity contribution in [2.75, 3.05) is 26.8 Å². The molecule has 1 atom stereocenters. The molecule has 1 aromatic heterocycles. The molecule has 2 aromatic rings. The zero-order valence-corrected chi connectivity index (χ0v) is 14.8. The van der Waals surface area contributed by atoms with Crippen molar-refractivity contribution < 1.29 is 23.5 Å². The van der Waals surface area contributed by atoms with E-state index in [0.29, 0.717) is 18.8 Å². The Hall–Kier alpha value is -2.60. The summed E-state index contributed by atoms with van der Waals surface area (Å²) in [5.74, 6) is 0.103. The number of fused-ring (bicyclic) bond motifs is 1. The third-order valence-corrected chi connectivity index (χ3v) is 4.41. The molecule has 6 nitrogen and oxygen atoms in total. The van der Waals surface area contributed by atoms with E-state index in [-0.39, 0.29) is 24.4 Å². The number of carbonyl (C=O) groups excluding carboxylic acids is 2. The minimum Gasteiger partial charge on any atom is -0.469 e. The first-order valence-electron chi connectivity index (χ1n) is 8.79. The van der Waals surface area contributed by atoms with Crippen LogP contribution in [0.3, 0.4) is 0 Å². The van der Waals surface area contributed by atoms with Gasteiger partial charge in [-0.15, -0.1) is 0 Å². The fourth-order valence-electron chi connectivity index (χ4n) is 3.00. The normalized spacial score (nSPS) is 17.0. The molecule has 1 aliphatic heterocycles. The van der Waals surface area contributed by atoms with E-state index in [1.54, 1.807) is 11.0 Å². The van der Waals surface area contributed by atoms with Gasteiger partial charge in [0.1, 0.15) is 11.3 Å². The summed E-state index contributed by atoms with van der Waals surface area (Å²) >= 11 is 0. The van der Waals surface area contributed by atoms with Crippen molar-refractivity contribution in [3.05, 3.63) is 42.2 Å². The summed E-state index contributed by atoms with van der Waals surface area (Å²) in [5, 5.41) is 0.988. The summed E-state index contributed by atoms with van der Waals surface area (Å²) in [6, 6.07) is 9.57. The molecule has 1 aliphatic rings. The molecule has 6 heteroatoms. The van der Waals surface area contributed by atoms with Gasteiger partial charge in [0, 0.05) is 31.2 Å². The molecule has 1 fully saturated rings. The van der Waals surface area contributed by atoms with Crippen LogP contribution in [0.1, 0.15) is 25.0 Å². The smallest absolute Gasteiger partial charge is 0.307 e. The number of benzene rings is 1. The third-order valence-electron chi connectivity index (χ3n) is 4.41. The van der Waals surface area contributed by atoms with Gasteiger partial charge < -0.3 is 18.8 Å². The zero-order chi connectivity index (χ0) is 18.4. The Bertz CT molecular complexity index is 755. The Morgan fingerprint density at radius 2 is 2.19 bits per heavy atom. The molecule has 1 aromatic carbocycles. The van der Waals surface area contributed by atoms with Gasteiger partial charge in [0.15, 0.2) is 0 Å². The van der Waals surface area contributed by atoms with Crippen LogP contribution in [0.5, 0.6) is 0 Å². The van der Waals surface area contributed by atoms with E-state index < -0.39 is 0 Å². The van der Waals surface area contributed by atoms with E-state index in [9.17, 15) is 9.59 Å². The molecule has 1 unspecified atom stereocenters. The fraction of sp³-hybridized carbons (Fsp3) is 0.400. The Morgan fingerprint density at radius 1 is 1.35 bits per heavy atom. The average molecular weight is 357 g/mol. The van der Waals surface area contributed by atoms with Crippen molar-refractivity contribution in [3.63, 3.8) is 0 Å². The van der Waals surface area contributed by atoms with Crippen molar-refractivity contribution in [2.45, 2.75) is 25.4 Å². The maximum absolute atomic E-state index is 12.6. The monoisotopic (exact) mass is 357 g/mol. The molecular formula is C20H23NO5. The number of hydrogen-bond acceptors (Lipinski definition) is 5. The van der Waals surface area contributed by atoms with Crippen LogP contribution in [-0.2, 0) is 19.1 Å². The van der Waals surface area contributed by atoms with Gasteiger partial charge in [-0.3, -0.25) is 9.59 Å². The summed E-state index contributed by atoms with van der Waals surface area (Å²) in [6.45, 7) is 1.49. The van der Waals surface area contributed by atoms with Gasteiger partial charge in [-0.2, -0.15) is 0 Å². The van der Waals surface area contributed by atoms with Crippen LogP contribution in [0.25, 0.3) is 17.0 Å². The lowest BCUT2D eigenvalue weighted by Gasteiger charge is -2.23. The molecule has 0 spiro atoms. The van der Waals surface area contributed by atoms with Gasteiger partial charge in [0.05, 0.1) is 19.6 Å². The number of furan rings is 1. The number of esters is 1. The lowest BCUT2D eigenvalue weighted by atomic mass is 10.2. The van der Waals surface area contributed by atoms with E-state index in [1.807, 2.05) is 30.3 Å². The lowest BCUT2D eigenvalue weighted by Crippen LogP contribution is -2.37. The van der Waals surface area contributed by atoms with E-state index in [0.717, 1.165) is 30.4 Å². The standard InChI is InChI=1S/C20H23NO5/c1-24-20(23)10-11-21(14-17-6-4-12-25-17)19(22)9-8-16-13-15-5-2-3-7-18(15)26-16/h2-3,5,7-9,13,17H,4,6,10-12,14H2,1H3. The highest BCUT2D eigenvalue weighted by Gasteiger charge is 2.22. The van der Waals surface area contributed by atoms with Crippen molar-refractivity contribution in [3.8, 4) is 0 Å². The molecule has 0 radical (unpaired) electrons. The van der Waals surface area contributed by atoms with Crippen molar-refractivity contribution in [2.24, 2.45) is 0 Å². The summed E-state index contributed by atoms with van der Waals surface area (Å²) in [5.41, 5.74) is 0.779. The number of amides is 1. The molecule has 0 saturated carbocycles. The number of rotatable bonds is 7. The Balaban J connectivity index is 1.67. The van der Waals surface area contributed by atoms with Gasteiger partial charge in [-0.05, 0) is 31.1 Å². The van der Waals surface area contributed by atoms with Crippen LogP contribution in [-0.4, -0.2) is 49.7 Å². The van der Waals surface area contributed by atoms with Crippen LogP contribution in [0, 0.1) is 0 Å². The van der Waals surface area contributed by atoms with Gasteiger partial charge in [-0.1, -0.05) is 18.2 Å². The number of carbonyl (C=O) groups is 2. The third kappa shape index (κ3) is 4.73. The molecule has 138 valence electrons. The highest BCUT2D eigenvalue weighted by atomic mass is 16.5. The highest BCUT2D eigenvalue weighted by Crippen LogP contribution is 2.20. The maximum Gasteiger partial charge on any atom is 0.307 e. The Morgan fingerprint density at radius 3 is 2.92 bits per heavy atom. The van der Waals surface area contributed by atoms with Crippen molar-refractivity contribution >= 4 is 28.9 Å². The minimum absolute atomic E-state index is 0.0243. The number of para-hydroxylation sites is 1. The summed E-state index contributed by atoms with van der Waals surface area (Å²) in [4.78, 5) is 25.7. The molecule has 0 bridgehead atoms. The second-order valence-corrected chi connectivity index (χ2v) is 6.27. The largest absolute Gasteiger partial charge is 0.469 e. The summed E-state index contributed by atoms with van der Waals surface area (Å²) in [7, 11) is 1.34. The predicted octanol–water partition coefficient (Wildman–Crippen LogP) is 3.02. The van der Waals surface area contributed by atoms with Crippen molar-refractivity contribution in [1.29, 1.82) is 0 Å². The second-order valence-electron chi connectivity index (χ2n) is 6.27. The van der Waals surface area contributed by atoms with Gasteiger partial charge in [0.2, 0.25) is 5.91 Å². The molecule has 1 amide bonds. The summed E-state index contributed by atoms with van der Waals surface area (Å²) in [6.07, 6.45) is 5.24. The highest BCUT2D eigenvalue weighted by molar-refractivity contribution is 5.92. The first kappa shape index (κ1) is 18.2. The average Bonchev–Trinajstić information content (AvgIpc) is 3.31. The Kier molecular flexibility index (Phi) is 6.07. The van der Waals surface area contributed by atoms with Crippen LogP contribution < -0.4 is 0 Å². The predicted molar refractivity (Wildman–Crippen MR) is 97.4 cm³/mol. The summed E-state index contributed by atoms with van der Waals surface area (Å²) < 4.78 is 16.0. The van der Waals surface area contributed by atoms with E-state index in [1.165, 1.54) is 13.2 Å². The topological polar surface area (TPSA) is 69.0 Å². The van der Waals surface area contributed by atoms with E-state index in [4.69, 9.17) is 9.15 Å². The molecule has 26 heavy (non-hydrogen) atoms. The number of nitrogens with zero attached hydrogens (tertiary/aromatic N) is 1. The van der Waals surface area contributed by atoms with Crippen LogP contribution >= 0.6 is 0 Å². The lowest BCUT2D eigenvalue weighted by molar-refractivity contribution is -0.141. The number of methoxy groups -OCH3 is 1. The number of ether oxygens (including phenoxy) is 2. The van der Waals surface area contributed by atoms with E-state index >= 15 is 0 Å². The van der Waals surface area contributed by atoms with Gasteiger partial charge >= 0.3 is 5.97 Å². The van der Waals surface area contributed by atoms with Crippen LogP contribution in [0.15, 0.2) is 40.8 Å². The maximum atomic E-state index is 12.6. The molecule has 1 saturated heterocycles. The molecule has 0 aliphatic carbocycles. The van der Waals surface area contributed by atoms with E-state index in [2.05, 4.69) is 4.74 Å². The Labute approximate surface area is 152 Å². The molecule has 2 heterocycles. The van der Waals surface area contributed by atoms with Crippen molar-refractivity contribution in [1.82, 2.24) is 4.90 Å². The van der Waals surface area contributed by atoms with Crippen LogP contribution in [0.4, 0.5) is 0 Å². The SMILES string of the molecule is COC(=O)CCN(CC1CCCO1)C(=O)C=Cc1cc2ccccc2o1. The minimum atomic E-state index is -0.337. The molecular weight excluding hydrogens is 334 g/mol. The first-order chi connectivity index (χ1) is 12.7. The zero-order valence-electron chi connectivity index (χ0n) is 14.8. The quantitative estimate of drug-likeness (QED) is 0.563. The number of hydrogen-bond donors (Lipinski definition) is 0. The fourth-order valence-corrected chi connectivity index (χ4v) is 3.00. The second kappa shape index (κ2) is 8.67. The van der Waals surface area contributed by atoms with Crippen LogP contribution in [0.2, 0.25) is 0 Å². The molecule has 0 N–H and O–H groups in total. The molecule has 3 rings (SSSR count). The van der Waals surface area contributed by atoms with Gasteiger partial charge in [0.25, 0.3) is 0 Å². The van der Waals surface area contributed by atoms with Gasteiger partial charge in [-0.25, -0.2) is 0 Å². The first-order valence-corrected chi connectivity index (χ1v) is 8.79.